The molecule has 3 aromatic rings. The van der Waals surface area contributed by atoms with E-state index in [4.69, 9.17) is 0 Å². The van der Waals surface area contributed by atoms with E-state index in [0.29, 0.717) is 12.3 Å². The average Bonchev–Trinajstić information content (AvgIpc) is 3.24. The lowest BCUT2D eigenvalue weighted by atomic mass is 9.95. The molecule has 0 spiro atoms. The first-order chi connectivity index (χ1) is 11.6. The highest BCUT2D eigenvalue weighted by Gasteiger charge is 2.28. The molecule has 8 heteroatoms. The van der Waals surface area contributed by atoms with Gasteiger partial charge in [-0.2, -0.15) is 10.1 Å². The van der Waals surface area contributed by atoms with Gasteiger partial charge in [0.15, 0.2) is 0 Å². The third kappa shape index (κ3) is 2.53. The first-order valence-corrected chi connectivity index (χ1v) is 8.11. The fourth-order valence-corrected chi connectivity index (χ4v) is 3.31. The zero-order chi connectivity index (χ0) is 16.7. The number of aromatic nitrogens is 6. The molecule has 0 aliphatic carbocycles. The van der Waals surface area contributed by atoms with Crippen molar-refractivity contribution < 1.29 is 4.79 Å². The highest BCUT2D eigenvalue weighted by Crippen LogP contribution is 2.25. The summed E-state index contributed by atoms with van der Waals surface area (Å²) in [5, 5.41) is 11.4. The van der Waals surface area contributed by atoms with E-state index in [9.17, 15) is 4.79 Å². The Morgan fingerprint density at radius 3 is 3.00 bits per heavy atom. The second kappa shape index (κ2) is 5.70. The van der Waals surface area contributed by atoms with Crippen LogP contribution < -0.4 is 0 Å². The van der Waals surface area contributed by atoms with Crippen molar-refractivity contribution in [1.29, 1.82) is 0 Å². The van der Waals surface area contributed by atoms with Gasteiger partial charge in [0.2, 0.25) is 5.82 Å². The fraction of sp³-hybridized carbons (Fsp3) is 0.438. The van der Waals surface area contributed by atoms with Crippen LogP contribution in [0.3, 0.4) is 0 Å². The minimum Gasteiger partial charge on any atom is -0.335 e. The van der Waals surface area contributed by atoms with E-state index >= 15 is 0 Å². The van der Waals surface area contributed by atoms with E-state index < -0.39 is 0 Å². The van der Waals surface area contributed by atoms with Gasteiger partial charge in [-0.25, -0.2) is 9.50 Å². The molecule has 4 heterocycles. The first kappa shape index (κ1) is 14.8. The summed E-state index contributed by atoms with van der Waals surface area (Å²) in [5.74, 6) is 0.825. The van der Waals surface area contributed by atoms with Gasteiger partial charge in [-0.05, 0) is 38.8 Å². The van der Waals surface area contributed by atoms with Crippen molar-refractivity contribution in [1.82, 2.24) is 34.7 Å². The summed E-state index contributed by atoms with van der Waals surface area (Å²) < 4.78 is 1.62. The molecule has 1 amide bonds. The van der Waals surface area contributed by atoms with Gasteiger partial charge in [0.25, 0.3) is 11.7 Å². The van der Waals surface area contributed by atoms with Gasteiger partial charge in [0.05, 0.1) is 0 Å². The molecule has 8 nitrogen and oxygen atoms in total. The number of H-pyrrole nitrogens is 1. The predicted molar refractivity (Wildman–Crippen MR) is 86.7 cm³/mol. The number of aryl methyl sites for hydroxylation is 2. The lowest BCUT2D eigenvalue weighted by Gasteiger charge is -2.31. The highest BCUT2D eigenvalue weighted by atomic mass is 16.2. The van der Waals surface area contributed by atoms with Crippen LogP contribution in [0.25, 0.3) is 5.78 Å². The number of carbonyl (C=O) groups excluding carboxylic acids is 1. The molecule has 0 bridgehead atoms. The molecule has 0 aromatic carbocycles. The Bertz CT molecular complexity index is 883. The van der Waals surface area contributed by atoms with Gasteiger partial charge < -0.3 is 4.90 Å². The van der Waals surface area contributed by atoms with Crippen LogP contribution in [0.2, 0.25) is 0 Å². The Hall–Kier alpha value is -2.77. The topological polar surface area (TPSA) is 92.1 Å². The van der Waals surface area contributed by atoms with Crippen LogP contribution in [0.1, 0.15) is 46.5 Å². The maximum atomic E-state index is 12.8. The maximum Gasteiger partial charge on any atom is 0.293 e. The van der Waals surface area contributed by atoms with Gasteiger partial charge in [0.1, 0.15) is 0 Å². The molecule has 0 unspecified atom stereocenters. The molecule has 0 radical (unpaired) electrons. The van der Waals surface area contributed by atoms with Gasteiger partial charge >= 0.3 is 0 Å². The highest BCUT2D eigenvalue weighted by molar-refractivity contribution is 5.91. The Morgan fingerprint density at radius 2 is 2.21 bits per heavy atom. The van der Waals surface area contributed by atoms with Crippen LogP contribution in [-0.4, -0.2) is 53.7 Å². The minimum absolute atomic E-state index is 0.137. The van der Waals surface area contributed by atoms with Crippen molar-refractivity contribution in [2.75, 3.05) is 13.1 Å². The van der Waals surface area contributed by atoms with Crippen molar-refractivity contribution in [2.24, 2.45) is 0 Å². The molecule has 1 aliphatic rings. The SMILES string of the molecule is Cc1cc(C)n2nc(C(=O)N3CCC[C@H](c4ccn[nH]4)C3)nc2n1. The molecule has 124 valence electrons. The lowest BCUT2D eigenvalue weighted by Crippen LogP contribution is -2.39. The molecule has 1 saturated heterocycles. The van der Waals surface area contributed by atoms with E-state index in [1.54, 1.807) is 10.7 Å². The number of nitrogens with one attached hydrogen (secondary N) is 1. The van der Waals surface area contributed by atoms with E-state index in [2.05, 4.69) is 25.3 Å². The number of aromatic amines is 1. The second-order valence-corrected chi connectivity index (χ2v) is 6.29. The first-order valence-electron chi connectivity index (χ1n) is 8.11. The number of hydrogen-bond donors (Lipinski definition) is 1. The number of hydrogen-bond acceptors (Lipinski definition) is 5. The van der Waals surface area contributed by atoms with Crippen LogP contribution in [0.5, 0.6) is 0 Å². The van der Waals surface area contributed by atoms with Gasteiger partial charge in [-0.3, -0.25) is 9.89 Å². The largest absolute Gasteiger partial charge is 0.335 e. The fourth-order valence-electron chi connectivity index (χ4n) is 3.31. The van der Waals surface area contributed by atoms with Crippen molar-refractivity contribution in [3.05, 3.63) is 41.2 Å². The Morgan fingerprint density at radius 1 is 1.33 bits per heavy atom. The third-order valence-electron chi connectivity index (χ3n) is 4.48. The van der Waals surface area contributed by atoms with Gasteiger partial charge in [-0.1, -0.05) is 0 Å². The number of rotatable bonds is 2. The van der Waals surface area contributed by atoms with Gasteiger partial charge in [-0.15, -0.1) is 5.10 Å². The Labute approximate surface area is 138 Å². The van der Waals surface area contributed by atoms with E-state index in [1.807, 2.05) is 30.9 Å². The van der Waals surface area contributed by atoms with Crippen molar-refractivity contribution in [2.45, 2.75) is 32.6 Å². The van der Waals surface area contributed by atoms with Gasteiger partial charge in [0, 0.05) is 42.3 Å². The summed E-state index contributed by atoms with van der Waals surface area (Å²) >= 11 is 0. The smallest absolute Gasteiger partial charge is 0.293 e. The minimum atomic E-state index is -0.137. The number of carbonyl (C=O) groups is 1. The normalized spacial score (nSPS) is 18.2. The molecule has 1 fully saturated rings. The van der Waals surface area contributed by atoms with E-state index in [1.165, 1.54) is 0 Å². The Kier molecular flexibility index (Phi) is 3.51. The number of nitrogens with zero attached hydrogens (tertiary/aromatic N) is 6. The van der Waals surface area contributed by atoms with Crippen molar-refractivity contribution in [3.63, 3.8) is 0 Å². The summed E-state index contributed by atoms with van der Waals surface area (Å²) in [6.45, 7) is 5.22. The molecular weight excluding hydrogens is 306 g/mol. The quantitative estimate of drug-likeness (QED) is 0.770. The lowest BCUT2D eigenvalue weighted by molar-refractivity contribution is 0.0693. The molecule has 1 atom stereocenters. The third-order valence-corrected chi connectivity index (χ3v) is 4.48. The molecular formula is C16H19N7O. The van der Waals surface area contributed by atoms with Crippen LogP contribution in [-0.2, 0) is 0 Å². The summed E-state index contributed by atoms with van der Waals surface area (Å²) in [5.41, 5.74) is 2.85. The predicted octanol–water partition coefficient (Wildman–Crippen LogP) is 1.48. The second-order valence-electron chi connectivity index (χ2n) is 6.29. The van der Waals surface area contributed by atoms with Crippen molar-refractivity contribution >= 4 is 11.7 Å². The summed E-state index contributed by atoms with van der Waals surface area (Å²) in [4.78, 5) is 23.3. The number of piperidine rings is 1. The zero-order valence-electron chi connectivity index (χ0n) is 13.7. The number of amides is 1. The zero-order valence-corrected chi connectivity index (χ0v) is 13.7. The maximum absolute atomic E-state index is 12.8. The molecule has 24 heavy (non-hydrogen) atoms. The molecule has 4 rings (SSSR count). The molecule has 3 aromatic heterocycles. The number of likely N-dealkylation sites (tertiary alicyclic amines) is 1. The number of fused-ring (bicyclic) bond motifs is 1. The summed E-state index contributed by atoms with van der Waals surface area (Å²) in [7, 11) is 0. The van der Waals surface area contributed by atoms with Crippen LogP contribution in [0.4, 0.5) is 0 Å². The average molecular weight is 325 g/mol. The van der Waals surface area contributed by atoms with E-state index in [-0.39, 0.29) is 17.6 Å². The Balaban J connectivity index is 1.60. The van der Waals surface area contributed by atoms with Crippen LogP contribution >= 0.6 is 0 Å². The monoisotopic (exact) mass is 325 g/mol. The van der Waals surface area contributed by atoms with Crippen molar-refractivity contribution in [3.8, 4) is 0 Å². The molecule has 1 aliphatic heterocycles. The summed E-state index contributed by atoms with van der Waals surface area (Å²) in [6.07, 6.45) is 3.75. The van der Waals surface area contributed by atoms with Crippen LogP contribution in [0, 0.1) is 13.8 Å². The molecule has 0 saturated carbocycles. The summed E-state index contributed by atoms with van der Waals surface area (Å²) in [6, 6.07) is 3.89. The standard InChI is InChI=1S/C16H19N7O/c1-10-8-11(2)23-16(18-10)19-14(21-23)15(24)22-7-3-4-12(9-22)13-5-6-17-20-13/h5-6,8,12H,3-4,7,9H2,1-2H3,(H,17,20)/t12-/m0/s1. The van der Waals surface area contributed by atoms with E-state index in [0.717, 1.165) is 36.5 Å². The van der Waals surface area contributed by atoms with Crippen LogP contribution in [0.15, 0.2) is 18.3 Å². The molecule has 1 N–H and O–H groups in total.